The third-order valence-electron chi connectivity index (χ3n) is 4.58. The maximum atomic E-state index is 5.99. The number of thiophene rings is 1. The van der Waals surface area contributed by atoms with Crippen molar-refractivity contribution in [3.05, 3.63) is 94.0 Å². The maximum absolute atomic E-state index is 5.99. The largest absolute Gasteiger partial charge is 0.415 e. The fourth-order valence-electron chi connectivity index (χ4n) is 3.18. The molecule has 0 aliphatic rings. The average Bonchev–Trinajstić information content (AvgIpc) is 3.39. The number of nitrogens with zero attached hydrogens (tertiary/aromatic N) is 2. The van der Waals surface area contributed by atoms with Crippen LogP contribution in [0.15, 0.2) is 76.5 Å². The number of nitrogens with two attached hydrogens (primary N) is 1. The van der Waals surface area contributed by atoms with Gasteiger partial charge in [0.1, 0.15) is 6.04 Å². The lowest BCUT2D eigenvalue weighted by atomic mass is 10.0. The van der Waals surface area contributed by atoms with E-state index >= 15 is 0 Å². The Morgan fingerprint density at radius 3 is 2.56 bits per heavy atom. The summed E-state index contributed by atoms with van der Waals surface area (Å²) < 4.78 is 5.99. The van der Waals surface area contributed by atoms with Crippen molar-refractivity contribution in [2.75, 3.05) is 0 Å². The Bertz CT molecular complexity index is 995. The third kappa shape index (κ3) is 3.99. The van der Waals surface area contributed by atoms with Crippen molar-refractivity contribution >= 4 is 11.3 Å². The Morgan fingerprint density at radius 2 is 1.81 bits per heavy atom. The Labute approximate surface area is 162 Å². The molecule has 0 bridgehead atoms. The molecule has 2 atom stereocenters. The van der Waals surface area contributed by atoms with E-state index in [0.29, 0.717) is 11.8 Å². The highest BCUT2D eigenvalue weighted by Crippen LogP contribution is 2.25. The van der Waals surface area contributed by atoms with Crippen LogP contribution in [-0.4, -0.2) is 10.2 Å². The normalized spacial score (nSPS) is 13.4. The summed E-state index contributed by atoms with van der Waals surface area (Å²) >= 11 is 1.77. The molecule has 0 saturated carbocycles. The van der Waals surface area contributed by atoms with Gasteiger partial charge in [-0.3, -0.25) is 0 Å². The lowest BCUT2D eigenvalue weighted by molar-refractivity contribution is -0.725. The molecule has 0 aliphatic heterocycles. The molecular weight excluding hydrogens is 354 g/mol. The Morgan fingerprint density at radius 1 is 0.963 bits per heavy atom. The van der Waals surface area contributed by atoms with Crippen molar-refractivity contribution in [1.29, 1.82) is 0 Å². The second kappa shape index (κ2) is 7.86. The van der Waals surface area contributed by atoms with Gasteiger partial charge >= 0.3 is 0 Å². The van der Waals surface area contributed by atoms with E-state index in [4.69, 9.17) is 4.42 Å². The minimum atomic E-state index is 0.0448. The number of rotatable bonds is 6. The van der Waals surface area contributed by atoms with Crippen LogP contribution in [0.1, 0.15) is 40.9 Å². The van der Waals surface area contributed by atoms with Crippen LogP contribution >= 0.6 is 11.3 Å². The lowest BCUT2D eigenvalue weighted by Gasteiger charge is -2.17. The molecule has 2 aromatic carbocycles. The van der Waals surface area contributed by atoms with Gasteiger partial charge in [-0.2, -0.15) is 0 Å². The maximum Gasteiger partial charge on any atom is 0.274 e. The van der Waals surface area contributed by atoms with Gasteiger partial charge in [-0.25, -0.2) is 0 Å². The summed E-state index contributed by atoms with van der Waals surface area (Å²) in [6.45, 7) is 4.17. The smallest absolute Gasteiger partial charge is 0.274 e. The molecule has 27 heavy (non-hydrogen) atoms. The number of hydrogen-bond donors (Lipinski definition) is 1. The lowest BCUT2D eigenvalue weighted by Crippen LogP contribution is -2.85. The van der Waals surface area contributed by atoms with E-state index in [2.05, 4.69) is 83.3 Å². The van der Waals surface area contributed by atoms with E-state index in [9.17, 15) is 0 Å². The average molecular weight is 377 g/mol. The predicted molar refractivity (Wildman–Crippen MR) is 107 cm³/mol. The van der Waals surface area contributed by atoms with Crippen LogP contribution in [0, 0.1) is 6.92 Å². The van der Waals surface area contributed by atoms with E-state index in [1.807, 2.05) is 18.2 Å². The molecule has 0 unspecified atom stereocenters. The first-order valence-electron chi connectivity index (χ1n) is 9.04. The molecule has 0 spiro atoms. The number of aryl methyl sites for hydroxylation is 1. The number of aromatic nitrogens is 2. The zero-order chi connectivity index (χ0) is 18.6. The highest BCUT2D eigenvalue weighted by atomic mass is 32.1. The van der Waals surface area contributed by atoms with Gasteiger partial charge in [0.05, 0.1) is 4.88 Å². The van der Waals surface area contributed by atoms with Crippen molar-refractivity contribution in [2.24, 2.45) is 0 Å². The molecule has 2 heterocycles. The molecule has 2 N–H and O–H groups in total. The summed E-state index contributed by atoms with van der Waals surface area (Å²) in [7, 11) is 0. The molecule has 0 amide bonds. The minimum absolute atomic E-state index is 0.0448. The third-order valence-corrected chi connectivity index (χ3v) is 5.54. The zero-order valence-corrected chi connectivity index (χ0v) is 16.2. The van der Waals surface area contributed by atoms with E-state index in [0.717, 1.165) is 5.56 Å². The van der Waals surface area contributed by atoms with Crippen LogP contribution in [-0.2, 0) is 0 Å². The predicted octanol–water partition coefficient (Wildman–Crippen LogP) is 4.52. The SMILES string of the molecule is Cc1cccc(-c2nnc([C@H](C)[NH2+][C@@H](c3ccccc3)c3cccs3)o2)c1. The molecule has 0 saturated heterocycles. The summed E-state index contributed by atoms with van der Waals surface area (Å²) in [5.74, 6) is 1.21. The van der Waals surface area contributed by atoms with Crippen molar-refractivity contribution < 1.29 is 9.73 Å². The summed E-state index contributed by atoms with van der Waals surface area (Å²) in [4.78, 5) is 1.31. The van der Waals surface area contributed by atoms with Crippen molar-refractivity contribution in [3.8, 4) is 11.5 Å². The highest BCUT2D eigenvalue weighted by molar-refractivity contribution is 7.10. The monoisotopic (exact) mass is 376 g/mol. The standard InChI is InChI=1S/C22H21N3OS/c1-15-8-6-11-18(14-15)22-25-24-21(26-22)16(2)23-20(19-12-7-13-27-19)17-9-4-3-5-10-17/h3-14,16,20,23H,1-2H3/p+1/t16-,20-/m0/s1. The number of benzene rings is 2. The molecule has 0 radical (unpaired) electrons. The minimum Gasteiger partial charge on any atom is -0.415 e. The first-order chi connectivity index (χ1) is 13.2. The molecule has 4 nitrogen and oxygen atoms in total. The van der Waals surface area contributed by atoms with Gasteiger partial charge in [-0.15, -0.1) is 21.5 Å². The van der Waals surface area contributed by atoms with Gasteiger partial charge in [-0.05, 0) is 37.4 Å². The van der Waals surface area contributed by atoms with Crippen molar-refractivity contribution in [3.63, 3.8) is 0 Å². The van der Waals surface area contributed by atoms with Crippen LogP contribution < -0.4 is 5.32 Å². The second-order valence-corrected chi connectivity index (χ2v) is 7.68. The van der Waals surface area contributed by atoms with Crippen LogP contribution in [0.25, 0.3) is 11.5 Å². The van der Waals surface area contributed by atoms with Gasteiger partial charge in [0.2, 0.25) is 5.89 Å². The Kier molecular flexibility index (Phi) is 5.14. The fraction of sp³-hybridized carbons (Fsp3) is 0.182. The van der Waals surface area contributed by atoms with E-state index < -0.39 is 0 Å². The van der Waals surface area contributed by atoms with Crippen LogP contribution in [0.2, 0.25) is 0 Å². The summed E-state index contributed by atoms with van der Waals surface area (Å²) in [5, 5.41) is 13.0. The van der Waals surface area contributed by atoms with Crippen LogP contribution in [0.3, 0.4) is 0 Å². The molecule has 0 fully saturated rings. The van der Waals surface area contributed by atoms with E-state index in [1.54, 1.807) is 11.3 Å². The van der Waals surface area contributed by atoms with Gasteiger partial charge in [0.15, 0.2) is 6.04 Å². The van der Waals surface area contributed by atoms with Crippen LogP contribution in [0.5, 0.6) is 0 Å². The topological polar surface area (TPSA) is 55.5 Å². The molecule has 4 rings (SSSR count). The summed E-state index contributed by atoms with van der Waals surface area (Å²) in [5.41, 5.74) is 3.40. The molecule has 2 aromatic heterocycles. The molecule has 0 aliphatic carbocycles. The Hall–Kier alpha value is -2.76. The first-order valence-corrected chi connectivity index (χ1v) is 9.92. The summed E-state index contributed by atoms with van der Waals surface area (Å²) in [6, 6.07) is 23.2. The molecule has 136 valence electrons. The summed E-state index contributed by atoms with van der Waals surface area (Å²) in [6.07, 6.45) is 0. The van der Waals surface area contributed by atoms with E-state index in [-0.39, 0.29) is 12.1 Å². The van der Waals surface area contributed by atoms with Crippen molar-refractivity contribution in [2.45, 2.75) is 25.9 Å². The second-order valence-electron chi connectivity index (χ2n) is 6.70. The fourth-order valence-corrected chi connectivity index (χ4v) is 4.02. The number of hydrogen-bond acceptors (Lipinski definition) is 4. The van der Waals surface area contributed by atoms with Gasteiger partial charge in [0.25, 0.3) is 5.89 Å². The van der Waals surface area contributed by atoms with Gasteiger partial charge in [0, 0.05) is 11.1 Å². The van der Waals surface area contributed by atoms with Crippen LogP contribution in [0.4, 0.5) is 0 Å². The quantitative estimate of drug-likeness (QED) is 0.538. The van der Waals surface area contributed by atoms with E-state index in [1.165, 1.54) is 16.0 Å². The van der Waals surface area contributed by atoms with Gasteiger partial charge < -0.3 is 9.73 Å². The van der Waals surface area contributed by atoms with Crippen molar-refractivity contribution in [1.82, 2.24) is 10.2 Å². The Balaban J connectivity index is 1.58. The zero-order valence-electron chi connectivity index (χ0n) is 15.4. The first kappa shape index (κ1) is 17.6. The van der Waals surface area contributed by atoms with Gasteiger partial charge in [-0.1, -0.05) is 54.1 Å². The molecular formula is C22H22N3OS+. The highest BCUT2D eigenvalue weighted by Gasteiger charge is 2.25. The molecule has 4 aromatic rings. The number of quaternary nitrogens is 1. The molecule has 5 heteroatoms.